The second kappa shape index (κ2) is 21.3. The standard InChI is InChI=1S/2C24H28FIN6O3/c2*1-13(33)23(34)31-6-2-14(3-7-31)4-8-32-19(28-20-21(27)29-24(25)30-22(20)32)12-16-11-18-15(5-9-35-18)10-17(16)26/h2*10-11,13-14,33H,2-9,12H2,1H3,(H2,27,29,30)/t2*13-/m00/s1/i26+4;26-3. The number of aliphatic hydroxyl groups excluding tert-OH is 2. The van der Waals surface area contributed by atoms with Crippen LogP contribution in [0.4, 0.5) is 20.4 Å². The summed E-state index contributed by atoms with van der Waals surface area (Å²) in [4.78, 5) is 52.4. The van der Waals surface area contributed by atoms with E-state index in [0.717, 1.165) is 92.8 Å². The number of amides is 2. The molecule has 2 aromatic carbocycles. The highest BCUT2D eigenvalue weighted by Crippen LogP contribution is 2.34. The van der Waals surface area contributed by atoms with Crippen molar-refractivity contribution in [2.24, 2.45) is 11.8 Å². The molecule has 0 aliphatic carbocycles. The lowest BCUT2D eigenvalue weighted by atomic mass is 9.93. The summed E-state index contributed by atoms with van der Waals surface area (Å²) in [6, 6.07) is 8.44. The van der Waals surface area contributed by atoms with Crippen LogP contribution in [0.15, 0.2) is 24.3 Å². The Kier molecular flexibility index (Phi) is 15.2. The van der Waals surface area contributed by atoms with Crippen molar-refractivity contribution in [1.82, 2.24) is 48.8 Å². The number of aliphatic hydroxyl groups is 2. The van der Waals surface area contributed by atoms with Gasteiger partial charge in [-0.2, -0.15) is 28.7 Å². The predicted molar refractivity (Wildman–Crippen MR) is 273 cm³/mol. The maximum absolute atomic E-state index is 14.1. The lowest BCUT2D eigenvalue weighted by molar-refractivity contribution is -0.141. The number of likely N-dealkylation sites (tertiary alicyclic amines) is 2. The van der Waals surface area contributed by atoms with Gasteiger partial charge >= 0.3 is 12.2 Å². The van der Waals surface area contributed by atoms with E-state index < -0.39 is 24.4 Å². The summed E-state index contributed by atoms with van der Waals surface area (Å²) in [7, 11) is 0. The van der Waals surface area contributed by atoms with Crippen molar-refractivity contribution >= 4 is 91.0 Å². The van der Waals surface area contributed by atoms with Crippen molar-refractivity contribution in [3.8, 4) is 11.5 Å². The van der Waals surface area contributed by atoms with E-state index in [1.165, 1.54) is 25.0 Å². The number of rotatable bonds is 12. The summed E-state index contributed by atoms with van der Waals surface area (Å²) in [6.45, 7) is 8.12. The summed E-state index contributed by atoms with van der Waals surface area (Å²) in [5.41, 5.74) is 18.2. The van der Waals surface area contributed by atoms with E-state index in [0.29, 0.717) is 99.5 Å². The largest absolute Gasteiger partial charge is 0.493 e. The number of carbonyl (C=O) groups excluding carboxylic acids is 2. The van der Waals surface area contributed by atoms with E-state index in [2.05, 4.69) is 89.4 Å². The molecule has 4 aliphatic heterocycles. The van der Waals surface area contributed by atoms with Crippen molar-refractivity contribution in [1.29, 1.82) is 0 Å². The Morgan fingerprint density at radius 1 is 0.700 bits per heavy atom. The zero-order valence-corrected chi connectivity index (χ0v) is 43.3. The number of halogens is 4. The number of ether oxygens (including phenoxy) is 2. The number of hydrogen-bond donors (Lipinski definition) is 4. The van der Waals surface area contributed by atoms with Crippen LogP contribution >= 0.6 is 45.2 Å². The number of hydrogen-bond acceptors (Lipinski definition) is 14. The average Bonchev–Trinajstić information content (AvgIpc) is 4.14. The van der Waals surface area contributed by atoms with Crippen molar-refractivity contribution in [3.63, 3.8) is 0 Å². The highest BCUT2D eigenvalue weighted by molar-refractivity contribution is 14.1. The fraction of sp³-hybridized carbons (Fsp3) is 0.500. The molecule has 0 saturated carbocycles. The molecule has 2 fully saturated rings. The minimum atomic E-state index is -0.973. The third kappa shape index (κ3) is 10.9. The minimum Gasteiger partial charge on any atom is -0.493 e. The Labute approximate surface area is 430 Å². The molecule has 2 saturated heterocycles. The van der Waals surface area contributed by atoms with Crippen LogP contribution in [0.3, 0.4) is 0 Å². The van der Waals surface area contributed by atoms with Crippen LogP contribution in [0.1, 0.15) is 86.3 Å². The highest BCUT2D eigenvalue weighted by Gasteiger charge is 2.29. The molecule has 0 radical (unpaired) electrons. The van der Waals surface area contributed by atoms with Crippen LogP contribution in [-0.4, -0.2) is 122 Å². The van der Waals surface area contributed by atoms with Gasteiger partial charge in [0.15, 0.2) is 34.0 Å². The number of aryl methyl sites for hydroxylation is 2. The summed E-state index contributed by atoms with van der Waals surface area (Å²) >= 11 is 4.67. The normalized spacial score (nSPS) is 17.0. The van der Waals surface area contributed by atoms with Gasteiger partial charge in [-0.1, -0.05) is 0 Å². The van der Waals surface area contributed by atoms with Crippen LogP contribution < -0.4 is 20.9 Å². The van der Waals surface area contributed by atoms with Gasteiger partial charge in [0, 0.05) is 72.1 Å². The minimum absolute atomic E-state index is 0.0319. The smallest absolute Gasteiger partial charge is 0.312 e. The fourth-order valence-corrected chi connectivity index (χ4v) is 11.4. The third-order valence-corrected chi connectivity index (χ3v) is 15.9. The third-order valence-electron chi connectivity index (χ3n) is 13.9. The van der Waals surface area contributed by atoms with E-state index in [9.17, 15) is 28.6 Å². The Balaban J connectivity index is 0.000000174. The molecule has 2 atom stereocenters. The number of fused-ring (bicyclic) bond motifs is 4. The first-order chi connectivity index (χ1) is 33.6. The first-order valence-electron chi connectivity index (χ1n) is 23.8. The first-order valence-corrected chi connectivity index (χ1v) is 25.9. The van der Waals surface area contributed by atoms with Gasteiger partial charge in [-0.15, -0.1) is 0 Å². The zero-order chi connectivity index (χ0) is 49.4. The number of benzene rings is 2. The van der Waals surface area contributed by atoms with Gasteiger partial charge in [0.05, 0.1) is 13.2 Å². The molecular weight excluding hydrogens is 1130 g/mol. The second-order valence-corrected chi connectivity index (χ2v) is 20.9. The van der Waals surface area contributed by atoms with Gasteiger partial charge in [-0.3, -0.25) is 9.59 Å². The molecule has 10 rings (SSSR count). The van der Waals surface area contributed by atoms with Crippen LogP contribution in [0.2, 0.25) is 0 Å². The Bertz CT molecular complexity index is 2740. The van der Waals surface area contributed by atoms with Gasteiger partial charge in [-0.05, 0) is 156 Å². The molecule has 372 valence electrons. The predicted octanol–water partition coefficient (Wildman–Crippen LogP) is 5.37. The van der Waals surface area contributed by atoms with Crippen molar-refractivity contribution < 1.29 is 38.1 Å². The van der Waals surface area contributed by atoms with E-state index in [1.807, 2.05) is 9.13 Å². The Hall–Kier alpha value is -5.08. The maximum atomic E-state index is 14.1. The molecule has 6 aromatic rings. The second-order valence-electron chi connectivity index (χ2n) is 18.6. The Morgan fingerprint density at radius 2 is 1.13 bits per heavy atom. The van der Waals surface area contributed by atoms with Gasteiger partial charge in [-0.25, -0.2) is 9.97 Å². The molecule has 0 bridgehead atoms. The number of imidazole rings is 2. The molecule has 18 nitrogen and oxygen atoms in total. The summed E-state index contributed by atoms with van der Waals surface area (Å²) in [6.07, 6.45) is 4.31. The topological polar surface area (TPSA) is 239 Å². The molecular formula is C48H56F2I2N12O6. The van der Waals surface area contributed by atoms with E-state index in [-0.39, 0.29) is 23.5 Å². The SMILES string of the molecule is C[C@H](O)C(=O)N1CCC(CCn2c(Cc3cc4c(cc3[124I])CCO4)nc3c(N)nc(F)nc32)CC1.C[C@H](O)C(=O)N1CCC(CCn2c(Cc3cc4c(cc3[131I])CCO4)nc3c(N)nc(F)nc32)CC1. The lowest BCUT2D eigenvalue weighted by Gasteiger charge is -2.32. The zero-order valence-electron chi connectivity index (χ0n) is 39.0. The fourth-order valence-electron chi connectivity index (χ4n) is 9.94. The molecule has 2 amide bonds. The molecule has 4 aromatic heterocycles. The van der Waals surface area contributed by atoms with Crippen LogP contribution in [0, 0.1) is 31.1 Å². The van der Waals surface area contributed by atoms with Crippen LogP contribution in [0.5, 0.6) is 11.5 Å². The van der Waals surface area contributed by atoms with Gasteiger partial charge < -0.3 is 50.1 Å². The molecule has 4 aliphatic rings. The monoisotopic (exact) mass is 1190 g/mol. The number of carbonyl (C=O) groups is 2. The van der Waals surface area contributed by atoms with Crippen molar-refractivity contribution in [3.05, 3.63) is 77.5 Å². The van der Waals surface area contributed by atoms with Crippen LogP contribution in [-0.2, 0) is 48.4 Å². The number of nitrogen functional groups attached to an aromatic ring is 2. The van der Waals surface area contributed by atoms with Gasteiger partial charge in [0.2, 0.25) is 0 Å². The van der Waals surface area contributed by atoms with Crippen molar-refractivity contribution in [2.45, 2.75) is 103 Å². The summed E-state index contributed by atoms with van der Waals surface area (Å²) < 4.78 is 45.9. The molecule has 22 heteroatoms. The van der Waals surface area contributed by atoms with Crippen LogP contribution in [0.25, 0.3) is 22.3 Å². The quantitative estimate of drug-likeness (QED) is 0.0890. The molecule has 8 heterocycles. The first kappa shape index (κ1) is 49.9. The molecule has 0 spiro atoms. The number of nitrogens with zero attached hydrogens (tertiary/aromatic N) is 10. The number of aromatic nitrogens is 8. The van der Waals surface area contributed by atoms with E-state index in [4.69, 9.17) is 30.9 Å². The summed E-state index contributed by atoms with van der Waals surface area (Å²) in [5.74, 6) is 3.75. The number of anilines is 2. The lowest BCUT2D eigenvalue weighted by Crippen LogP contribution is -2.43. The Morgan fingerprint density at radius 3 is 1.59 bits per heavy atom. The highest BCUT2D eigenvalue weighted by atomic mass is 131. The molecule has 0 unspecified atom stereocenters. The summed E-state index contributed by atoms with van der Waals surface area (Å²) in [5, 5.41) is 19.1. The van der Waals surface area contributed by atoms with E-state index in [1.54, 1.807) is 9.80 Å². The van der Waals surface area contributed by atoms with Gasteiger partial charge in [0.25, 0.3) is 11.8 Å². The van der Waals surface area contributed by atoms with Crippen molar-refractivity contribution in [2.75, 3.05) is 50.9 Å². The number of piperidine rings is 2. The maximum Gasteiger partial charge on any atom is 0.312 e. The van der Waals surface area contributed by atoms with E-state index >= 15 is 0 Å². The molecule has 6 N–H and O–H groups in total. The molecule has 70 heavy (non-hydrogen) atoms. The number of nitrogens with two attached hydrogens (primary N) is 2. The average molecular weight is 1190 g/mol. The van der Waals surface area contributed by atoms with Gasteiger partial charge in [0.1, 0.15) is 35.4 Å².